The molecule has 0 radical (unpaired) electrons. The summed E-state index contributed by atoms with van der Waals surface area (Å²) in [4.78, 5) is 3.92. The first-order valence-corrected chi connectivity index (χ1v) is 5.31. The van der Waals surface area contributed by atoms with Gasteiger partial charge in [-0.3, -0.25) is 0 Å². The summed E-state index contributed by atoms with van der Waals surface area (Å²) in [7, 11) is 0. The number of nitrogens with two attached hydrogens (primary N) is 1. The van der Waals surface area contributed by atoms with Gasteiger partial charge in [0.2, 0.25) is 0 Å². The Kier molecular flexibility index (Phi) is 4.19. The van der Waals surface area contributed by atoms with E-state index >= 15 is 0 Å². The molecule has 0 spiro atoms. The Morgan fingerprint density at radius 1 is 1.40 bits per heavy atom. The van der Waals surface area contributed by atoms with E-state index in [1.54, 1.807) is 0 Å². The topological polar surface area (TPSA) is 50.9 Å². The van der Waals surface area contributed by atoms with Crippen molar-refractivity contribution in [1.82, 2.24) is 4.98 Å². The molecule has 0 amide bonds. The standard InChI is InChI=1S/C8H12F3N3S/c9-8(10,11)3-1-2-4-13-7-14-5-6(12)15-7/h5H,1-4,12H2,(H,13,14). The lowest BCUT2D eigenvalue weighted by Gasteiger charge is -2.05. The molecular weight excluding hydrogens is 227 g/mol. The average Bonchev–Trinajstić information content (AvgIpc) is 2.49. The summed E-state index contributed by atoms with van der Waals surface area (Å²) in [5, 5.41) is 4.15. The minimum absolute atomic E-state index is 0.136. The largest absolute Gasteiger partial charge is 0.389 e. The zero-order valence-corrected chi connectivity index (χ0v) is 8.79. The first-order chi connectivity index (χ1) is 6.97. The minimum atomic E-state index is -4.05. The van der Waals surface area contributed by atoms with Gasteiger partial charge in [0.15, 0.2) is 5.13 Å². The van der Waals surface area contributed by atoms with Crippen molar-refractivity contribution in [3.05, 3.63) is 6.20 Å². The molecule has 3 nitrogen and oxygen atoms in total. The van der Waals surface area contributed by atoms with Crippen molar-refractivity contribution in [1.29, 1.82) is 0 Å². The van der Waals surface area contributed by atoms with E-state index in [-0.39, 0.29) is 6.42 Å². The van der Waals surface area contributed by atoms with Crippen molar-refractivity contribution in [2.45, 2.75) is 25.4 Å². The van der Waals surface area contributed by atoms with Gasteiger partial charge in [0.05, 0.1) is 6.20 Å². The second-order valence-electron chi connectivity index (χ2n) is 3.07. The first kappa shape index (κ1) is 12.1. The lowest BCUT2D eigenvalue weighted by molar-refractivity contribution is -0.135. The molecular formula is C8H12F3N3S. The molecule has 15 heavy (non-hydrogen) atoms. The van der Waals surface area contributed by atoms with Crippen LogP contribution in [0.3, 0.4) is 0 Å². The highest BCUT2D eigenvalue weighted by molar-refractivity contribution is 7.19. The highest BCUT2D eigenvalue weighted by Gasteiger charge is 2.25. The number of nitrogens with zero attached hydrogens (tertiary/aromatic N) is 1. The van der Waals surface area contributed by atoms with Crippen LogP contribution in [0.2, 0.25) is 0 Å². The first-order valence-electron chi connectivity index (χ1n) is 4.49. The van der Waals surface area contributed by atoms with Crippen molar-refractivity contribution in [3.63, 3.8) is 0 Å². The number of hydrogen-bond donors (Lipinski definition) is 2. The number of unbranched alkanes of at least 4 members (excludes halogenated alkanes) is 1. The van der Waals surface area contributed by atoms with E-state index in [4.69, 9.17) is 5.73 Å². The summed E-state index contributed by atoms with van der Waals surface area (Å²) >= 11 is 1.28. The molecule has 0 aliphatic rings. The van der Waals surface area contributed by atoms with Gasteiger partial charge in [-0.2, -0.15) is 13.2 Å². The number of nitrogen functional groups attached to an aromatic ring is 1. The monoisotopic (exact) mass is 239 g/mol. The Hall–Kier alpha value is -0.980. The fraction of sp³-hybridized carbons (Fsp3) is 0.625. The number of anilines is 2. The molecule has 0 aromatic carbocycles. The molecule has 1 rings (SSSR count). The van der Waals surface area contributed by atoms with Crippen molar-refractivity contribution < 1.29 is 13.2 Å². The molecule has 0 unspecified atom stereocenters. The zero-order valence-electron chi connectivity index (χ0n) is 7.97. The number of nitrogens with one attached hydrogen (secondary N) is 1. The predicted octanol–water partition coefficient (Wildman–Crippen LogP) is 2.87. The lowest BCUT2D eigenvalue weighted by Crippen LogP contribution is -2.08. The molecule has 0 saturated carbocycles. The molecule has 0 aliphatic carbocycles. The van der Waals surface area contributed by atoms with E-state index < -0.39 is 12.6 Å². The van der Waals surface area contributed by atoms with Crippen LogP contribution in [0.5, 0.6) is 0 Å². The van der Waals surface area contributed by atoms with Crippen LogP contribution in [0, 0.1) is 0 Å². The average molecular weight is 239 g/mol. The van der Waals surface area contributed by atoms with Crippen molar-refractivity contribution >= 4 is 21.5 Å². The number of halogens is 3. The van der Waals surface area contributed by atoms with Gasteiger partial charge >= 0.3 is 6.18 Å². The number of thiazole rings is 1. The fourth-order valence-corrected chi connectivity index (χ4v) is 1.62. The summed E-state index contributed by atoms with van der Waals surface area (Å²) in [6.07, 6.45) is -2.65. The van der Waals surface area contributed by atoms with Crippen LogP contribution in [-0.2, 0) is 0 Å². The molecule has 1 heterocycles. The van der Waals surface area contributed by atoms with E-state index in [1.165, 1.54) is 17.5 Å². The van der Waals surface area contributed by atoms with Gasteiger partial charge in [-0.1, -0.05) is 11.3 Å². The third kappa shape index (κ3) is 5.46. The maximum atomic E-state index is 11.8. The van der Waals surface area contributed by atoms with E-state index in [0.29, 0.717) is 23.1 Å². The normalized spacial score (nSPS) is 11.7. The molecule has 0 bridgehead atoms. The minimum Gasteiger partial charge on any atom is -0.389 e. The van der Waals surface area contributed by atoms with Gasteiger partial charge in [-0.15, -0.1) is 0 Å². The quantitative estimate of drug-likeness (QED) is 0.777. The Morgan fingerprint density at radius 2 is 2.13 bits per heavy atom. The Labute approximate surface area is 89.5 Å². The van der Waals surface area contributed by atoms with E-state index in [2.05, 4.69) is 10.3 Å². The smallest absolute Gasteiger partial charge is 0.389 e. The lowest BCUT2D eigenvalue weighted by atomic mass is 10.2. The van der Waals surface area contributed by atoms with E-state index in [1.807, 2.05) is 0 Å². The Balaban J connectivity index is 2.07. The molecule has 1 aromatic heterocycles. The summed E-state index contributed by atoms with van der Waals surface area (Å²) in [5.41, 5.74) is 5.43. The number of aromatic nitrogens is 1. The predicted molar refractivity (Wildman–Crippen MR) is 54.9 cm³/mol. The molecule has 0 aliphatic heterocycles. The van der Waals surface area contributed by atoms with Crippen LogP contribution in [0.25, 0.3) is 0 Å². The van der Waals surface area contributed by atoms with Crippen LogP contribution in [-0.4, -0.2) is 17.7 Å². The maximum absolute atomic E-state index is 11.8. The Morgan fingerprint density at radius 3 is 2.67 bits per heavy atom. The summed E-state index contributed by atoms with van der Waals surface area (Å²) < 4.78 is 35.3. The van der Waals surface area contributed by atoms with Crippen LogP contribution in [0.4, 0.5) is 23.3 Å². The van der Waals surface area contributed by atoms with E-state index in [0.717, 1.165) is 0 Å². The summed E-state index contributed by atoms with van der Waals surface area (Å²) in [6.45, 7) is 0.489. The van der Waals surface area contributed by atoms with Crippen molar-refractivity contribution in [2.24, 2.45) is 0 Å². The summed E-state index contributed by atoms with van der Waals surface area (Å²) in [6, 6.07) is 0. The molecule has 0 fully saturated rings. The van der Waals surface area contributed by atoms with Gasteiger partial charge in [-0.05, 0) is 12.8 Å². The molecule has 1 aromatic rings. The second kappa shape index (κ2) is 5.20. The van der Waals surface area contributed by atoms with Gasteiger partial charge in [-0.25, -0.2) is 4.98 Å². The van der Waals surface area contributed by atoms with Crippen LogP contribution >= 0.6 is 11.3 Å². The second-order valence-corrected chi connectivity index (χ2v) is 4.13. The van der Waals surface area contributed by atoms with Crippen LogP contribution < -0.4 is 11.1 Å². The molecule has 0 saturated heterocycles. The zero-order chi connectivity index (χ0) is 11.3. The third-order valence-corrected chi connectivity index (χ3v) is 2.47. The van der Waals surface area contributed by atoms with E-state index in [9.17, 15) is 13.2 Å². The fourth-order valence-electron chi connectivity index (χ4n) is 1.01. The molecule has 7 heteroatoms. The SMILES string of the molecule is Nc1cnc(NCCCCC(F)(F)F)s1. The van der Waals surface area contributed by atoms with Crippen LogP contribution in [0.1, 0.15) is 19.3 Å². The van der Waals surface area contributed by atoms with Crippen LogP contribution in [0.15, 0.2) is 6.20 Å². The number of alkyl halides is 3. The maximum Gasteiger partial charge on any atom is 0.389 e. The molecule has 0 atom stereocenters. The Bertz CT molecular complexity index is 298. The van der Waals surface area contributed by atoms with Gasteiger partial charge in [0.25, 0.3) is 0 Å². The molecule has 86 valence electrons. The van der Waals surface area contributed by atoms with Crippen molar-refractivity contribution in [3.8, 4) is 0 Å². The third-order valence-electron chi connectivity index (χ3n) is 1.69. The number of rotatable bonds is 5. The van der Waals surface area contributed by atoms with Gasteiger partial charge < -0.3 is 11.1 Å². The number of hydrogen-bond acceptors (Lipinski definition) is 4. The highest BCUT2D eigenvalue weighted by atomic mass is 32.1. The summed E-state index contributed by atoms with van der Waals surface area (Å²) in [5.74, 6) is 0. The van der Waals surface area contributed by atoms with Gasteiger partial charge in [0.1, 0.15) is 5.00 Å². The van der Waals surface area contributed by atoms with Gasteiger partial charge in [0, 0.05) is 13.0 Å². The van der Waals surface area contributed by atoms with Crippen molar-refractivity contribution in [2.75, 3.05) is 17.6 Å². The highest BCUT2D eigenvalue weighted by Crippen LogP contribution is 2.23. The molecule has 3 N–H and O–H groups in total.